The van der Waals surface area contributed by atoms with Crippen molar-refractivity contribution in [3.8, 4) is 11.3 Å². The third-order valence-corrected chi connectivity index (χ3v) is 3.93. The topological polar surface area (TPSA) is 32.9 Å². The Hall–Kier alpha value is -2.56. The summed E-state index contributed by atoms with van der Waals surface area (Å²) in [6.07, 6.45) is -2.79. The molecule has 1 heterocycles. The number of alkyl halides is 3. The van der Waals surface area contributed by atoms with E-state index in [1.165, 1.54) is 12.1 Å². The first kappa shape index (κ1) is 15.3. The van der Waals surface area contributed by atoms with Crippen LogP contribution in [0.1, 0.15) is 28.4 Å². The Labute approximate surface area is 130 Å². The van der Waals surface area contributed by atoms with Crippen molar-refractivity contribution in [3.05, 3.63) is 59.2 Å². The van der Waals surface area contributed by atoms with Crippen molar-refractivity contribution >= 4 is 17.2 Å². The number of aromatic nitrogens is 1. The van der Waals surface area contributed by atoms with Crippen LogP contribution in [0.3, 0.4) is 0 Å². The lowest BCUT2D eigenvalue weighted by Gasteiger charge is -2.07. The first-order valence-electron chi connectivity index (χ1n) is 7.21. The number of H-pyrrole nitrogens is 1. The van der Waals surface area contributed by atoms with E-state index in [4.69, 9.17) is 0 Å². The van der Waals surface area contributed by atoms with E-state index in [-0.39, 0.29) is 0 Å². The number of halogens is 3. The normalized spacial score (nSPS) is 11.8. The molecule has 0 spiro atoms. The minimum Gasteiger partial charge on any atom is -0.354 e. The van der Waals surface area contributed by atoms with Crippen molar-refractivity contribution in [2.24, 2.45) is 0 Å². The first-order valence-corrected chi connectivity index (χ1v) is 7.21. The number of aryl methyl sites for hydroxylation is 1. The number of carbonyl (C=O) groups excluding carboxylic acids is 1. The average Bonchev–Trinajstić information content (AvgIpc) is 2.91. The molecule has 0 aliphatic rings. The lowest BCUT2D eigenvalue weighted by Crippen LogP contribution is -2.04. The van der Waals surface area contributed by atoms with E-state index in [1.54, 1.807) is 0 Å². The zero-order valence-corrected chi connectivity index (χ0v) is 12.4. The van der Waals surface area contributed by atoms with Gasteiger partial charge in [-0.05, 0) is 41.8 Å². The quantitative estimate of drug-likeness (QED) is 0.659. The lowest BCUT2D eigenvalue weighted by atomic mass is 10.0. The fourth-order valence-electron chi connectivity index (χ4n) is 2.66. The van der Waals surface area contributed by atoms with E-state index in [2.05, 4.69) is 4.98 Å². The van der Waals surface area contributed by atoms with Gasteiger partial charge in [-0.2, -0.15) is 13.2 Å². The molecule has 118 valence electrons. The second-order valence-corrected chi connectivity index (χ2v) is 5.34. The molecule has 0 bridgehead atoms. The summed E-state index contributed by atoms with van der Waals surface area (Å²) in [6.45, 7) is 2.02. The Morgan fingerprint density at radius 3 is 2.35 bits per heavy atom. The van der Waals surface area contributed by atoms with E-state index in [0.717, 1.165) is 41.3 Å². The second kappa shape index (κ2) is 5.57. The highest BCUT2D eigenvalue weighted by atomic mass is 19.4. The van der Waals surface area contributed by atoms with Crippen LogP contribution < -0.4 is 0 Å². The number of hydrogen-bond donors (Lipinski definition) is 1. The van der Waals surface area contributed by atoms with Crippen molar-refractivity contribution in [1.29, 1.82) is 0 Å². The summed E-state index contributed by atoms with van der Waals surface area (Å²) in [7, 11) is 0. The molecule has 1 aromatic heterocycles. The van der Waals surface area contributed by atoms with Gasteiger partial charge in [0.2, 0.25) is 0 Å². The van der Waals surface area contributed by atoms with Crippen LogP contribution in [0.25, 0.3) is 22.2 Å². The van der Waals surface area contributed by atoms with Crippen LogP contribution in [0.15, 0.2) is 42.5 Å². The Morgan fingerprint density at radius 1 is 1.09 bits per heavy atom. The fraction of sp³-hybridized carbons (Fsp3) is 0.167. The maximum absolute atomic E-state index is 12.7. The van der Waals surface area contributed by atoms with Crippen molar-refractivity contribution < 1.29 is 18.0 Å². The van der Waals surface area contributed by atoms with Crippen LogP contribution in [0.4, 0.5) is 13.2 Å². The smallest absolute Gasteiger partial charge is 0.354 e. The van der Waals surface area contributed by atoms with Gasteiger partial charge in [0.15, 0.2) is 6.29 Å². The summed E-state index contributed by atoms with van der Waals surface area (Å²) < 4.78 is 38.0. The van der Waals surface area contributed by atoms with Crippen LogP contribution in [-0.4, -0.2) is 11.3 Å². The molecule has 23 heavy (non-hydrogen) atoms. The Balaban J connectivity index is 2.14. The molecule has 3 rings (SSSR count). The van der Waals surface area contributed by atoms with E-state index in [1.807, 2.05) is 25.1 Å². The highest BCUT2D eigenvalue weighted by Crippen LogP contribution is 2.33. The largest absolute Gasteiger partial charge is 0.416 e. The highest BCUT2D eigenvalue weighted by Gasteiger charge is 2.30. The van der Waals surface area contributed by atoms with Gasteiger partial charge in [-0.3, -0.25) is 4.79 Å². The number of hydrogen-bond acceptors (Lipinski definition) is 1. The number of aldehydes is 1. The molecular formula is C18H14F3NO. The van der Waals surface area contributed by atoms with Crippen LogP contribution in [-0.2, 0) is 12.6 Å². The van der Waals surface area contributed by atoms with Crippen LogP contribution in [0.5, 0.6) is 0 Å². The predicted octanol–water partition coefficient (Wildman–Crippen LogP) is 5.23. The minimum atomic E-state index is -4.37. The number of rotatable bonds is 3. The molecule has 1 N–H and O–H groups in total. The molecule has 2 nitrogen and oxygen atoms in total. The molecule has 0 aliphatic carbocycles. The molecule has 3 aromatic rings. The Morgan fingerprint density at radius 2 is 1.78 bits per heavy atom. The second-order valence-electron chi connectivity index (χ2n) is 5.34. The molecule has 2 aromatic carbocycles. The number of nitrogens with one attached hydrogen (secondary N) is 1. The molecule has 0 saturated carbocycles. The van der Waals surface area contributed by atoms with Gasteiger partial charge in [0.1, 0.15) is 0 Å². The number of aromatic amines is 1. The molecule has 0 fully saturated rings. The number of benzene rings is 2. The summed E-state index contributed by atoms with van der Waals surface area (Å²) in [5.41, 5.74) is 2.73. The zero-order valence-electron chi connectivity index (χ0n) is 12.4. The minimum absolute atomic E-state index is 0.468. The van der Waals surface area contributed by atoms with Crippen LogP contribution in [0.2, 0.25) is 0 Å². The van der Waals surface area contributed by atoms with E-state index in [0.29, 0.717) is 16.8 Å². The van der Waals surface area contributed by atoms with Gasteiger partial charge in [0.05, 0.1) is 11.3 Å². The number of carbonyl (C=O) groups is 1. The van der Waals surface area contributed by atoms with Crippen molar-refractivity contribution in [1.82, 2.24) is 4.98 Å². The summed E-state index contributed by atoms with van der Waals surface area (Å²) >= 11 is 0. The van der Waals surface area contributed by atoms with Gasteiger partial charge in [-0.25, -0.2) is 0 Å². The van der Waals surface area contributed by atoms with Crippen LogP contribution >= 0.6 is 0 Å². The monoisotopic (exact) mass is 317 g/mol. The third kappa shape index (κ3) is 2.74. The van der Waals surface area contributed by atoms with Gasteiger partial charge in [-0.15, -0.1) is 0 Å². The molecule has 0 amide bonds. The maximum atomic E-state index is 12.7. The van der Waals surface area contributed by atoms with Crippen LogP contribution in [0, 0.1) is 0 Å². The van der Waals surface area contributed by atoms with Gasteiger partial charge in [0.25, 0.3) is 0 Å². The Kier molecular flexibility index (Phi) is 3.72. The fourth-order valence-corrected chi connectivity index (χ4v) is 2.66. The molecule has 0 unspecified atom stereocenters. The van der Waals surface area contributed by atoms with Gasteiger partial charge in [-0.1, -0.05) is 25.1 Å². The average molecular weight is 317 g/mol. The molecule has 0 radical (unpaired) electrons. The van der Waals surface area contributed by atoms with Gasteiger partial charge in [0, 0.05) is 16.5 Å². The number of fused-ring (bicyclic) bond motifs is 1. The van der Waals surface area contributed by atoms with E-state index >= 15 is 0 Å². The molecular weight excluding hydrogens is 303 g/mol. The van der Waals surface area contributed by atoms with Crippen molar-refractivity contribution in [2.75, 3.05) is 0 Å². The Bertz CT molecular complexity index is 860. The van der Waals surface area contributed by atoms with Gasteiger partial charge >= 0.3 is 6.18 Å². The SMILES string of the molecule is CCc1ccc2[nH]c(-c3ccc(C(F)(F)F)cc3)c(C=O)c2c1. The highest BCUT2D eigenvalue weighted by molar-refractivity contribution is 6.04. The van der Waals surface area contributed by atoms with Gasteiger partial charge < -0.3 is 4.98 Å². The summed E-state index contributed by atoms with van der Waals surface area (Å²) in [4.78, 5) is 14.6. The van der Waals surface area contributed by atoms with E-state index in [9.17, 15) is 18.0 Å². The molecule has 5 heteroatoms. The summed E-state index contributed by atoms with van der Waals surface area (Å²) in [5.74, 6) is 0. The molecule has 0 saturated heterocycles. The molecule has 0 aliphatic heterocycles. The van der Waals surface area contributed by atoms with E-state index < -0.39 is 11.7 Å². The lowest BCUT2D eigenvalue weighted by molar-refractivity contribution is -0.137. The maximum Gasteiger partial charge on any atom is 0.416 e. The first-order chi connectivity index (χ1) is 10.9. The van der Waals surface area contributed by atoms with Crippen molar-refractivity contribution in [3.63, 3.8) is 0 Å². The summed E-state index contributed by atoms with van der Waals surface area (Å²) in [5, 5.41) is 0.786. The third-order valence-electron chi connectivity index (χ3n) is 3.93. The van der Waals surface area contributed by atoms with Crippen molar-refractivity contribution in [2.45, 2.75) is 19.5 Å². The predicted molar refractivity (Wildman–Crippen MR) is 83.5 cm³/mol. The zero-order chi connectivity index (χ0) is 16.6. The summed E-state index contributed by atoms with van der Waals surface area (Å²) in [6, 6.07) is 10.6. The standard InChI is InChI=1S/C18H14F3NO/c1-2-11-3-8-16-14(9-11)15(10-23)17(22-16)12-4-6-13(7-5-12)18(19,20)21/h3-10,22H,2H2,1H3. The molecule has 0 atom stereocenters.